The predicted molar refractivity (Wildman–Crippen MR) is 102 cm³/mol. The van der Waals surface area contributed by atoms with E-state index in [9.17, 15) is 9.59 Å². The summed E-state index contributed by atoms with van der Waals surface area (Å²) in [6.07, 6.45) is 7.30. The highest BCUT2D eigenvalue weighted by atomic mass is 79.9. The summed E-state index contributed by atoms with van der Waals surface area (Å²) in [4.78, 5) is 25.6. The Morgan fingerprint density at radius 1 is 1.15 bits per heavy atom. The van der Waals surface area contributed by atoms with E-state index in [1.807, 2.05) is 24.3 Å². The van der Waals surface area contributed by atoms with E-state index in [2.05, 4.69) is 21.2 Å². The molecule has 0 aliphatic heterocycles. The van der Waals surface area contributed by atoms with Crippen molar-refractivity contribution in [3.05, 3.63) is 34.3 Å². The molecular formula is C21H26BrNO3. The summed E-state index contributed by atoms with van der Waals surface area (Å²) in [6, 6.07) is 7.16. The molecule has 5 heteroatoms. The Labute approximate surface area is 163 Å². The number of carbonyl (C=O) groups excluding carboxylic acids is 2. The minimum absolute atomic E-state index is 0.0686. The van der Waals surface area contributed by atoms with Gasteiger partial charge in [0.25, 0.3) is 0 Å². The van der Waals surface area contributed by atoms with E-state index in [0.717, 1.165) is 29.3 Å². The molecule has 4 nitrogen and oxygen atoms in total. The van der Waals surface area contributed by atoms with Crippen LogP contribution in [0.3, 0.4) is 0 Å². The molecule has 1 aromatic rings. The van der Waals surface area contributed by atoms with Gasteiger partial charge in [-0.15, -0.1) is 0 Å². The average Bonchev–Trinajstić information content (AvgIpc) is 2.61. The highest BCUT2D eigenvalue weighted by Gasteiger charge is 2.55. The zero-order chi connectivity index (χ0) is 18.3. The molecule has 4 aliphatic rings. The summed E-state index contributed by atoms with van der Waals surface area (Å²) in [5.74, 6) is 1.79. The second-order valence-electron chi connectivity index (χ2n) is 8.54. The maximum Gasteiger partial charge on any atom is 0.328 e. The Morgan fingerprint density at radius 3 is 2.27 bits per heavy atom. The van der Waals surface area contributed by atoms with Gasteiger partial charge >= 0.3 is 5.97 Å². The third-order valence-electron chi connectivity index (χ3n) is 6.69. The minimum atomic E-state index is -0.640. The molecule has 4 aliphatic carbocycles. The average molecular weight is 420 g/mol. The van der Waals surface area contributed by atoms with E-state index in [0.29, 0.717) is 24.2 Å². The number of benzene rings is 1. The van der Waals surface area contributed by atoms with Crippen LogP contribution in [-0.2, 0) is 20.7 Å². The maximum absolute atomic E-state index is 13.3. The van der Waals surface area contributed by atoms with Crippen LogP contribution >= 0.6 is 15.9 Å². The van der Waals surface area contributed by atoms with Gasteiger partial charge in [0.15, 0.2) is 0 Å². The Morgan fingerprint density at radius 2 is 1.73 bits per heavy atom. The molecule has 0 saturated heterocycles. The normalized spacial score (nSPS) is 32.9. The van der Waals surface area contributed by atoms with Crippen molar-refractivity contribution in [3.8, 4) is 0 Å². The molecule has 1 N–H and O–H groups in total. The van der Waals surface area contributed by atoms with Crippen molar-refractivity contribution in [1.82, 2.24) is 5.32 Å². The lowest BCUT2D eigenvalue weighted by Gasteiger charge is -2.55. The van der Waals surface area contributed by atoms with Gasteiger partial charge in [0.2, 0.25) is 5.91 Å². The molecule has 5 rings (SSSR count). The molecule has 0 aromatic heterocycles. The number of rotatable bonds is 5. The number of hydrogen-bond donors (Lipinski definition) is 1. The van der Waals surface area contributed by atoms with Gasteiger partial charge in [-0.1, -0.05) is 34.1 Å². The van der Waals surface area contributed by atoms with Gasteiger partial charge in [0, 0.05) is 16.3 Å². The quantitative estimate of drug-likeness (QED) is 0.736. The highest BCUT2D eigenvalue weighted by molar-refractivity contribution is 9.10. The summed E-state index contributed by atoms with van der Waals surface area (Å²) < 4.78 is 5.92. The lowest BCUT2D eigenvalue weighted by Crippen LogP contribution is -2.56. The van der Waals surface area contributed by atoms with E-state index in [1.54, 1.807) is 0 Å². The van der Waals surface area contributed by atoms with Gasteiger partial charge in [0.1, 0.15) is 6.04 Å². The van der Waals surface area contributed by atoms with Gasteiger partial charge in [-0.05, 0) is 67.9 Å². The van der Waals surface area contributed by atoms with Crippen LogP contribution in [0.4, 0.5) is 0 Å². The number of ether oxygens (including phenoxy) is 1. The molecule has 1 atom stereocenters. The fourth-order valence-electron chi connectivity index (χ4n) is 5.92. The van der Waals surface area contributed by atoms with Crippen molar-refractivity contribution >= 4 is 27.8 Å². The topological polar surface area (TPSA) is 55.4 Å². The lowest BCUT2D eigenvalue weighted by atomic mass is 9.49. The summed E-state index contributed by atoms with van der Waals surface area (Å²) in [5, 5.41) is 3.07. The van der Waals surface area contributed by atoms with Crippen molar-refractivity contribution in [1.29, 1.82) is 0 Å². The van der Waals surface area contributed by atoms with E-state index in [1.165, 1.54) is 26.4 Å². The van der Waals surface area contributed by atoms with Crippen LogP contribution in [0.25, 0.3) is 0 Å². The van der Waals surface area contributed by atoms with Gasteiger partial charge in [-0.3, -0.25) is 4.79 Å². The van der Waals surface area contributed by atoms with Crippen LogP contribution < -0.4 is 5.32 Å². The molecule has 4 saturated carbocycles. The second kappa shape index (κ2) is 6.99. The summed E-state index contributed by atoms with van der Waals surface area (Å²) in [5.41, 5.74) is 0.739. The number of nitrogens with one attached hydrogen (secondary N) is 1. The molecule has 1 amide bonds. The molecule has 0 unspecified atom stereocenters. The van der Waals surface area contributed by atoms with Crippen molar-refractivity contribution < 1.29 is 14.3 Å². The lowest BCUT2D eigenvalue weighted by molar-refractivity contribution is -0.152. The first-order valence-electron chi connectivity index (χ1n) is 9.61. The smallest absolute Gasteiger partial charge is 0.328 e. The van der Waals surface area contributed by atoms with Crippen molar-refractivity contribution in [2.75, 3.05) is 7.11 Å². The third-order valence-corrected chi connectivity index (χ3v) is 7.47. The van der Waals surface area contributed by atoms with E-state index >= 15 is 0 Å². The van der Waals surface area contributed by atoms with Gasteiger partial charge in [0.05, 0.1) is 7.11 Å². The molecule has 4 bridgehead atoms. The predicted octanol–water partition coefficient (Wildman–Crippen LogP) is 3.87. The van der Waals surface area contributed by atoms with Crippen LogP contribution in [-0.4, -0.2) is 25.0 Å². The van der Waals surface area contributed by atoms with Crippen LogP contribution in [0, 0.1) is 23.2 Å². The van der Waals surface area contributed by atoms with Gasteiger partial charge in [-0.25, -0.2) is 4.79 Å². The van der Waals surface area contributed by atoms with Crippen LogP contribution in [0.5, 0.6) is 0 Å². The summed E-state index contributed by atoms with van der Waals surface area (Å²) >= 11 is 3.53. The fourth-order valence-corrected chi connectivity index (χ4v) is 6.37. The third kappa shape index (κ3) is 3.30. The molecule has 26 heavy (non-hydrogen) atoms. The van der Waals surface area contributed by atoms with Crippen LogP contribution in [0.1, 0.15) is 44.1 Å². The molecule has 0 spiro atoms. The SMILES string of the molecule is COC(=O)[C@H](Cc1ccccc1Br)NC(=O)C12CC3CC(CC(C3)C1)C2. The van der Waals surface area contributed by atoms with Crippen molar-refractivity contribution in [2.24, 2.45) is 23.2 Å². The number of carbonyl (C=O) groups is 2. The highest BCUT2D eigenvalue weighted by Crippen LogP contribution is 2.60. The summed E-state index contributed by atoms with van der Waals surface area (Å²) in [6.45, 7) is 0. The molecule has 0 radical (unpaired) electrons. The number of halogens is 1. The molecule has 140 valence electrons. The zero-order valence-corrected chi connectivity index (χ0v) is 16.8. The van der Waals surface area contributed by atoms with E-state index < -0.39 is 6.04 Å². The van der Waals surface area contributed by atoms with Gasteiger partial charge < -0.3 is 10.1 Å². The van der Waals surface area contributed by atoms with E-state index in [4.69, 9.17) is 4.74 Å². The number of amides is 1. The number of methoxy groups -OCH3 is 1. The minimum Gasteiger partial charge on any atom is -0.467 e. The van der Waals surface area contributed by atoms with Crippen LogP contribution in [0.2, 0.25) is 0 Å². The first kappa shape index (κ1) is 18.0. The summed E-state index contributed by atoms with van der Waals surface area (Å²) in [7, 11) is 1.38. The van der Waals surface area contributed by atoms with Gasteiger partial charge in [-0.2, -0.15) is 0 Å². The largest absolute Gasteiger partial charge is 0.467 e. The number of esters is 1. The molecule has 0 heterocycles. The monoisotopic (exact) mass is 419 g/mol. The molecular weight excluding hydrogens is 394 g/mol. The molecule has 4 fully saturated rings. The van der Waals surface area contributed by atoms with Crippen molar-refractivity contribution in [2.45, 2.75) is 51.0 Å². The van der Waals surface area contributed by atoms with E-state index in [-0.39, 0.29) is 17.3 Å². The first-order chi connectivity index (χ1) is 12.5. The second-order valence-corrected chi connectivity index (χ2v) is 9.40. The Balaban J connectivity index is 1.51. The van der Waals surface area contributed by atoms with Crippen molar-refractivity contribution in [3.63, 3.8) is 0 Å². The molecule has 1 aromatic carbocycles. The number of hydrogen-bond acceptors (Lipinski definition) is 3. The Kier molecular flexibility index (Phi) is 4.84. The maximum atomic E-state index is 13.3. The fraction of sp³-hybridized carbons (Fsp3) is 0.619. The Hall–Kier alpha value is -1.36. The zero-order valence-electron chi connectivity index (χ0n) is 15.2. The standard InChI is InChI=1S/C21H26BrNO3/c1-26-19(24)18(9-16-4-2-3-5-17(16)22)23-20(25)21-10-13-6-14(11-21)8-15(7-13)12-21/h2-5,13-15,18H,6-12H2,1H3,(H,23,25)/t13?,14?,15?,18-,21?/m0/s1. The first-order valence-corrected chi connectivity index (χ1v) is 10.4. The van der Waals surface area contributed by atoms with Crippen LogP contribution in [0.15, 0.2) is 28.7 Å². The Bertz CT molecular complexity index is 682.